The van der Waals surface area contributed by atoms with Gasteiger partial charge in [0.15, 0.2) is 8.32 Å². The highest BCUT2D eigenvalue weighted by molar-refractivity contribution is 6.71. The van der Waals surface area contributed by atoms with E-state index < -0.39 is 14.3 Å². The van der Waals surface area contributed by atoms with Crippen LogP contribution in [0.5, 0.6) is 5.75 Å². The Balaban J connectivity index is 2.61. The van der Waals surface area contributed by atoms with Crippen molar-refractivity contribution in [3.8, 4) is 5.75 Å². The number of para-hydroxylation sites is 1. The lowest BCUT2D eigenvalue weighted by Crippen LogP contribution is -2.28. The first-order valence-corrected chi connectivity index (χ1v) is 10.6. The molecule has 1 aromatic carbocycles. The van der Waals surface area contributed by atoms with Crippen molar-refractivity contribution in [2.45, 2.75) is 32.0 Å². The highest BCUT2D eigenvalue weighted by Crippen LogP contribution is 2.21. The molecule has 0 atom stereocenters. The second-order valence-corrected chi connectivity index (χ2v) is 10.1. The maximum Gasteiger partial charge on any atom is 0.342 e. The smallest absolute Gasteiger partial charge is 0.342 e. The monoisotopic (exact) mass is 336 g/mol. The lowest BCUT2D eigenvalue weighted by atomic mass is 10.2. The summed E-state index contributed by atoms with van der Waals surface area (Å²) in [5, 5.41) is 0. The van der Waals surface area contributed by atoms with Gasteiger partial charge in [-0.05, 0) is 37.7 Å². The molecule has 0 N–H and O–H groups in total. The highest BCUT2D eigenvalue weighted by Gasteiger charge is 2.21. The lowest BCUT2D eigenvalue weighted by molar-refractivity contribution is -0.134. The second-order valence-electron chi connectivity index (χ2n) is 5.67. The van der Waals surface area contributed by atoms with E-state index in [-0.39, 0.29) is 30.3 Å². The number of rotatable bonds is 9. The van der Waals surface area contributed by atoms with Crippen LogP contribution in [0.3, 0.4) is 0 Å². The van der Waals surface area contributed by atoms with Crippen molar-refractivity contribution in [3.05, 3.63) is 42.5 Å². The minimum absolute atomic E-state index is 0.109. The minimum atomic E-state index is -1.67. The summed E-state index contributed by atoms with van der Waals surface area (Å²) in [6.45, 7) is 7.80. The molecule has 0 aliphatic rings. The number of hydrogen-bond donors (Lipinski definition) is 0. The van der Waals surface area contributed by atoms with Gasteiger partial charge in [0.25, 0.3) is 0 Å². The Hall–Kier alpha value is -1.92. The van der Waals surface area contributed by atoms with Crippen molar-refractivity contribution >= 4 is 20.3 Å². The topological polar surface area (TPSA) is 61.8 Å². The molecule has 0 heterocycles. The number of benzene rings is 1. The summed E-state index contributed by atoms with van der Waals surface area (Å²) in [6, 6.07) is 7.41. The molecule has 0 aliphatic heterocycles. The fraction of sp³-hybridized carbons (Fsp3) is 0.412. The van der Waals surface area contributed by atoms with Crippen molar-refractivity contribution in [2.75, 3.05) is 13.7 Å². The third kappa shape index (κ3) is 6.79. The first-order chi connectivity index (χ1) is 10.9. The number of carbonyl (C=O) groups excluding carboxylic acids is 2. The third-order valence-electron chi connectivity index (χ3n) is 3.38. The van der Waals surface area contributed by atoms with Crippen LogP contribution in [0.25, 0.3) is 0 Å². The molecule has 23 heavy (non-hydrogen) atoms. The van der Waals surface area contributed by atoms with E-state index in [2.05, 4.69) is 19.7 Å². The quantitative estimate of drug-likeness (QED) is 0.299. The van der Waals surface area contributed by atoms with E-state index in [1.165, 1.54) is 6.08 Å². The molecule has 0 fully saturated rings. The number of hydrogen-bond acceptors (Lipinski definition) is 5. The summed E-state index contributed by atoms with van der Waals surface area (Å²) in [5.74, 6) is -0.689. The summed E-state index contributed by atoms with van der Waals surface area (Å²) >= 11 is 0. The molecular formula is C17H24O5Si. The van der Waals surface area contributed by atoms with Crippen molar-refractivity contribution < 1.29 is 23.5 Å². The van der Waals surface area contributed by atoms with E-state index in [4.69, 9.17) is 13.9 Å². The molecule has 126 valence electrons. The van der Waals surface area contributed by atoms with Gasteiger partial charge >= 0.3 is 11.9 Å². The van der Waals surface area contributed by atoms with Gasteiger partial charge in [0.05, 0.1) is 0 Å². The van der Waals surface area contributed by atoms with E-state index in [1.54, 1.807) is 31.4 Å². The van der Waals surface area contributed by atoms with E-state index in [1.807, 2.05) is 0 Å². The van der Waals surface area contributed by atoms with E-state index in [0.29, 0.717) is 6.42 Å². The first kappa shape index (κ1) is 19.1. The number of carbonyl (C=O) groups is 2. The molecule has 1 aromatic rings. The predicted octanol–water partition coefficient (Wildman–Crippen LogP) is 3.57. The zero-order valence-corrected chi connectivity index (χ0v) is 15.0. The van der Waals surface area contributed by atoms with Crippen molar-refractivity contribution in [3.63, 3.8) is 0 Å². The van der Waals surface area contributed by atoms with E-state index >= 15 is 0 Å². The van der Waals surface area contributed by atoms with Crippen LogP contribution >= 0.6 is 0 Å². The average molecular weight is 336 g/mol. The number of esters is 2. The summed E-state index contributed by atoms with van der Waals surface area (Å²) in [5.41, 5.74) is 0.231. The number of ether oxygens (including phenoxy) is 2. The van der Waals surface area contributed by atoms with Gasteiger partial charge in [0.2, 0.25) is 0 Å². The molecule has 6 heteroatoms. The third-order valence-corrected chi connectivity index (χ3v) is 6.04. The summed E-state index contributed by atoms with van der Waals surface area (Å²) in [7, 11) is 0.0328. The Morgan fingerprint density at radius 2 is 1.96 bits per heavy atom. The van der Waals surface area contributed by atoms with Crippen molar-refractivity contribution in [1.82, 2.24) is 0 Å². The van der Waals surface area contributed by atoms with Gasteiger partial charge in [-0.25, -0.2) is 4.79 Å². The molecule has 0 radical (unpaired) electrons. The Bertz CT molecular complexity index is 554. The van der Waals surface area contributed by atoms with Gasteiger partial charge in [-0.3, -0.25) is 4.79 Å². The largest absolute Gasteiger partial charge is 0.458 e. The molecule has 0 amide bonds. The molecule has 5 nitrogen and oxygen atoms in total. The van der Waals surface area contributed by atoms with Gasteiger partial charge in [-0.1, -0.05) is 24.8 Å². The minimum Gasteiger partial charge on any atom is -0.458 e. The van der Waals surface area contributed by atoms with Crippen LogP contribution < -0.4 is 4.74 Å². The summed E-state index contributed by atoms with van der Waals surface area (Å²) < 4.78 is 15.7. The molecular weight excluding hydrogens is 312 g/mol. The lowest BCUT2D eigenvalue weighted by Gasteiger charge is -2.19. The standard InChI is InChI=1S/C17H24O5Si/c1-5-12-21-17(19)14-9-6-7-10-15(14)22-16(18)11-8-13-23(3,4)20-2/h5-7,9-10H,1,8,11-13H2,2-4H3. The normalized spacial score (nSPS) is 10.9. The van der Waals surface area contributed by atoms with Crippen LogP contribution in [0.15, 0.2) is 36.9 Å². The zero-order chi connectivity index (χ0) is 17.3. The average Bonchev–Trinajstić information content (AvgIpc) is 2.53. The Labute approximate surface area is 138 Å². The van der Waals surface area contributed by atoms with Crippen LogP contribution in [0.4, 0.5) is 0 Å². The fourth-order valence-electron chi connectivity index (χ4n) is 1.87. The zero-order valence-electron chi connectivity index (χ0n) is 14.0. The maximum atomic E-state index is 12.0. The molecule has 0 spiro atoms. The molecule has 0 saturated carbocycles. The van der Waals surface area contributed by atoms with E-state index in [9.17, 15) is 9.59 Å². The molecule has 0 unspecified atom stereocenters. The van der Waals surface area contributed by atoms with Gasteiger partial charge in [-0.2, -0.15) is 0 Å². The summed E-state index contributed by atoms with van der Waals surface area (Å²) in [4.78, 5) is 23.9. The van der Waals surface area contributed by atoms with Gasteiger partial charge in [0, 0.05) is 13.5 Å². The molecule has 0 aliphatic carbocycles. The summed E-state index contributed by atoms with van der Waals surface area (Å²) in [6.07, 6.45) is 2.47. The molecule has 0 bridgehead atoms. The van der Waals surface area contributed by atoms with Crippen molar-refractivity contribution in [2.24, 2.45) is 0 Å². The molecule has 0 saturated heterocycles. The Morgan fingerprint density at radius 3 is 2.61 bits per heavy atom. The maximum absolute atomic E-state index is 12.0. The highest BCUT2D eigenvalue weighted by atomic mass is 28.4. The fourth-order valence-corrected chi connectivity index (χ4v) is 3.10. The SMILES string of the molecule is C=CCOC(=O)c1ccccc1OC(=O)CCC[Si](C)(C)OC. The van der Waals surface area contributed by atoms with Crippen LogP contribution in [0.2, 0.25) is 19.1 Å². The second kappa shape index (κ2) is 9.27. The van der Waals surface area contributed by atoms with Gasteiger partial charge in [-0.15, -0.1) is 0 Å². The predicted molar refractivity (Wildman–Crippen MR) is 91.1 cm³/mol. The molecule has 1 rings (SSSR count). The van der Waals surface area contributed by atoms with Gasteiger partial charge < -0.3 is 13.9 Å². The van der Waals surface area contributed by atoms with Crippen LogP contribution in [0.1, 0.15) is 23.2 Å². The van der Waals surface area contributed by atoms with E-state index in [0.717, 1.165) is 6.04 Å². The first-order valence-electron chi connectivity index (χ1n) is 7.52. The molecule has 0 aromatic heterocycles. The van der Waals surface area contributed by atoms with Crippen molar-refractivity contribution in [1.29, 1.82) is 0 Å². The Morgan fingerprint density at radius 1 is 1.26 bits per heavy atom. The van der Waals surface area contributed by atoms with Crippen LogP contribution in [-0.2, 0) is 14.0 Å². The Kier molecular flexibility index (Phi) is 7.71. The van der Waals surface area contributed by atoms with Gasteiger partial charge in [0.1, 0.15) is 17.9 Å². The van der Waals surface area contributed by atoms with Crippen LogP contribution in [-0.4, -0.2) is 34.0 Å². The van der Waals surface area contributed by atoms with Crippen LogP contribution in [0, 0.1) is 0 Å².